The molecule has 0 aromatic carbocycles. The van der Waals surface area contributed by atoms with Crippen molar-refractivity contribution in [2.75, 3.05) is 0 Å². The van der Waals surface area contributed by atoms with Crippen molar-refractivity contribution in [3.05, 3.63) is 0 Å². The molecule has 0 saturated heterocycles. The van der Waals surface area contributed by atoms with Crippen LogP contribution in [0.3, 0.4) is 0 Å². The summed E-state index contributed by atoms with van der Waals surface area (Å²) in [6.07, 6.45) is 8.75. The monoisotopic (exact) mass is 200 g/mol. The van der Waals surface area contributed by atoms with Gasteiger partial charge in [-0.3, -0.25) is 4.79 Å². The van der Waals surface area contributed by atoms with Crippen molar-refractivity contribution < 1.29 is 9.90 Å². The number of rotatable bonds is 9. The van der Waals surface area contributed by atoms with Crippen LogP contribution in [0.4, 0.5) is 0 Å². The SMILES string of the molecule is CCCCCCCC(CCC)C(=O)O. The Hall–Kier alpha value is -0.530. The van der Waals surface area contributed by atoms with E-state index in [2.05, 4.69) is 6.92 Å². The molecule has 0 heterocycles. The van der Waals surface area contributed by atoms with Gasteiger partial charge in [-0.2, -0.15) is 0 Å². The Labute approximate surface area is 87.7 Å². The van der Waals surface area contributed by atoms with E-state index in [-0.39, 0.29) is 5.92 Å². The fourth-order valence-electron chi connectivity index (χ4n) is 1.73. The molecule has 1 N–H and O–H groups in total. The topological polar surface area (TPSA) is 37.3 Å². The number of unbranched alkanes of at least 4 members (excludes halogenated alkanes) is 4. The van der Waals surface area contributed by atoms with Gasteiger partial charge in [0.15, 0.2) is 0 Å². The van der Waals surface area contributed by atoms with Crippen LogP contribution in [0.15, 0.2) is 0 Å². The van der Waals surface area contributed by atoms with Gasteiger partial charge >= 0.3 is 5.97 Å². The smallest absolute Gasteiger partial charge is 0.306 e. The van der Waals surface area contributed by atoms with E-state index in [1.807, 2.05) is 6.92 Å². The van der Waals surface area contributed by atoms with E-state index in [4.69, 9.17) is 5.11 Å². The van der Waals surface area contributed by atoms with Gasteiger partial charge in [-0.25, -0.2) is 0 Å². The van der Waals surface area contributed by atoms with Crippen molar-refractivity contribution in [1.29, 1.82) is 0 Å². The summed E-state index contributed by atoms with van der Waals surface area (Å²) >= 11 is 0. The van der Waals surface area contributed by atoms with Crippen LogP contribution in [-0.4, -0.2) is 11.1 Å². The van der Waals surface area contributed by atoms with Crippen molar-refractivity contribution in [1.82, 2.24) is 0 Å². The zero-order valence-corrected chi connectivity index (χ0v) is 9.59. The van der Waals surface area contributed by atoms with Gasteiger partial charge in [0.05, 0.1) is 5.92 Å². The highest BCUT2D eigenvalue weighted by molar-refractivity contribution is 5.69. The molecule has 0 aromatic rings. The predicted octanol–water partition coefficient (Wildman–Crippen LogP) is 3.85. The average molecular weight is 200 g/mol. The summed E-state index contributed by atoms with van der Waals surface area (Å²) < 4.78 is 0. The van der Waals surface area contributed by atoms with Gasteiger partial charge in [-0.05, 0) is 12.8 Å². The van der Waals surface area contributed by atoms with E-state index >= 15 is 0 Å². The van der Waals surface area contributed by atoms with Crippen molar-refractivity contribution >= 4 is 5.97 Å². The fraction of sp³-hybridized carbons (Fsp3) is 0.917. The summed E-state index contributed by atoms with van der Waals surface area (Å²) in [5.41, 5.74) is 0. The normalized spacial score (nSPS) is 12.7. The number of carboxylic acids is 1. The second-order valence-corrected chi connectivity index (χ2v) is 4.03. The van der Waals surface area contributed by atoms with E-state index in [0.29, 0.717) is 0 Å². The lowest BCUT2D eigenvalue weighted by Gasteiger charge is -2.10. The van der Waals surface area contributed by atoms with Crippen LogP contribution >= 0.6 is 0 Å². The highest BCUT2D eigenvalue weighted by Gasteiger charge is 2.14. The molecular weight excluding hydrogens is 176 g/mol. The summed E-state index contributed by atoms with van der Waals surface area (Å²) in [7, 11) is 0. The molecule has 0 rings (SSSR count). The lowest BCUT2D eigenvalue weighted by Crippen LogP contribution is -2.13. The number of carboxylic acid groups (broad SMARTS) is 1. The van der Waals surface area contributed by atoms with Crippen LogP contribution in [0.1, 0.15) is 65.2 Å². The van der Waals surface area contributed by atoms with E-state index in [1.165, 1.54) is 25.7 Å². The van der Waals surface area contributed by atoms with Gasteiger partial charge in [-0.1, -0.05) is 52.4 Å². The summed E-state index contributed by atoms with van der Waals surface area (Å²) in [5.74, 6) is -0.705. The van der Waals surface area contributed by atoms with E-state index < -0.39 is 5.97 Å². The summed E-state index contributed by atoms with van der Waals surface area (Å²) in [6.45, 7) is 4.24. The maximum Gasteiger partial charge on any atom is 0.306 e. The maximum atomic E-state index is 10.8. The first-order valence-corrected chi connectivity index (χ1v) is 5.95. The lowest BCUT2D eigenvalue weighted by molar-refractivity contribution is -0.142. The molecular formula is C12H24O2. The number of hydrogen-bond donors (Lipinski definition) is 1. The standard InChI is InChI=1S/C12H24O2/c1-3-5-6-7-8-10-11(9-4-2)12(13)14/h11H,3-10H2,1-2H3,(H,13,14). The second-order valence-electron chi connectivity index (χ2n) is 4.03. The van der Waals surface area contributed by atoms with Crippen LogP contribution in [0.25, 0.3) is 0 Å². The zero-order chi connectivity index (χ0) is 10.8. The molecule has 0 spiro atoms. The lowest BCUT2D eigenvalue weighted by atomic mass is 9.96. The number of hydrogen-bond acceptors (Lipinski definition) is 1. The maximum absolute atomic E-state index is 10.8. The summed E-state index contributed by atoms with van der Waals surface area (Å²) in [4.78, 5) is 10.8. The molecule has 0 amide bonds. The first kappa shape index (κ1) is 13.5. The van der Waals surface area contributed by atoms with E-state index in [1.54, 1.807) is 0 Å². The summed E-state index contributed by atoms with van der Waals surface area (Å²) in [6, 6.07) is 0. The van der Waals surface area contributed by atoms with Gasteiger partial charge < -0.3 is 5.11 Å². The van der Waals surface area contributed by atoms with Crippen LogP contribution < -0.4 is 0 Å². The molecule has 0 fully saturated rings. The molecule has 0 aliphatic heterocycles. The third-order valence-electron chi connectivity index (χ3n) is 2.64. The Kier molecular flexibility index (Phi) is 8.70. The first-order valence-electron chi connectivity index (χ1n) is 5.95. The molecule has 0 aliphatic carbocycles. The Balaban J connectivity index is 3.46. The number of aliphatic carboxylic acids is 1. The highest BCUT2D eigenvalue weighted by atomic mass is 16.4. The van der Waals surface area contributed by atoms with E-state index in [0.717, 1.165) is 25.7 Å². The third-order valence-corrected chi connectivity index (χ3v) is 2.64. The van der Waals surface area contributed by atoms with Gasteiger partial charge in [0.1, 0.15) is 0 Å². The molecule has 0 radical (unpaired) electrons. The molecule has 0 aromatic heterocycles. The van der Waals surface area contributed by atoms with Gasteiger partial charge in [0, 0.05) is 0 Å². The Morgan fingerprint density at radius 1 is 1.00 bits per heavy atom. The molecule has 1 atom stereocenters. The van der Waals surface area contributed by atoms with Crippen molar-refractivity contribution in [3.8, 4) is 0 Å². The average Bonchev–Trinajstić information content (AvgIpc) is 2.15. The Morgan fingerprint density at radius 2 is 1.64 bits per heavy atom. The molecule has 2 heteroatoms. The van der Waals surface area contributed by atoms with Crippen molar-refractivity contribution in [3.63, 3.8) is 0 Å². The fourth-order valence-corrected chi connectivity index (χ4v) is 1.73. The van der Waals surface area contributed by atoms with Gasteiger partial charge in [0.25, 0.3) is 0 Å². The first-order chi connectivity index (χ1) is 6.72. The molecule has 1 unspecified atom stereocenters. The quantitative estimate of drug-likeness (QED) is 0.574. The Morgan fingerprint density at radius 3 is 2.14 bits per heavy atom. The highest BCUT2D eigenvalue weighted by Crippen LogP contribution is 2.16. The zero-order valence-electron chi connectivity index (χ0n) is 9.59. The molecule has 2 nitrogen and oxygen atoms in total. The largest absolute Gasteiger partial charge is 0.481 e. The van der Waals surface area contributed by atoms with Gasteiger partial charge in [-0.15, -0.1) is 0 Å². The van der Waals surface area contributed by atoms with Crippen LogP contribution in [0.5, 0.6) is 0 Å². The van der Waals surface area contributed by atoms with Crippen LogP contribution in [-0.2, 0) is 4.79 Å². The van der Waals surface area contributed by atoms with Crippen molar-refractivity contribution in [2.45, 2.75) is 65.2 Å². The minimum Gasteiger partial charge on any atom is -0.481 e. The molecule has 14 heavy (non-hydrogen) atoms. The molecule has 0 bridgehead atoms. The second kappa shape index (κ2) is 9.04. The number of carbonyl (C=O) groups is 1. The summed E-state index contributed by atoms with van der Waals surface area (Å²) in [5, 5.41) is 8.91. The van der Waals surface area contributed by atoms with Gasteiger partial charge in [0.2, 0.25) is 0 Å². The minimum absolute atomic E-state index is 0.0957. The van der Waals surface area contributed by atoms with Crippen LogP contribution in [0.2, 0.25) is 0 Å². The predicted molar refractivity (Wildman–Crippen MR) is 59.4 cm³/mol. The van der Waals surface area contributed by atoms with Crippen molar-refractivity contribution in [2.24, 2.45) is 5.92 Å². The third kappa shape index (κ3) is 6.93. The minimum atomic E-state index is -0.609. The van der Waals surface area contributed by atoms with Crippen LogP contribution in [0, 0.1) is 5.92 Å². The molecule has 84 valence electrons. The Bertz CT molecular complexity index is 143. The van der Waals surface area contributed by atoms with E-state index in [9.17, 15) is 4.79 Å². The molecule has 0 aliphatic rings. The molecule has 0 saturated carbocycles.